The summed E-state index contributed by atoms with van der Waals surface area (Å²) in [6.07, 6.45) is 2.15. The van der Waals surface area contributed by atoms with E-state index in [1.165, 1.54) is 42.6 Å². The summed E-state index contributed by atoms with van der Waals surface area (Å²) < 4.78 is 28.4. The van der Waals surface area contributed by atoms with E-state index >= 15 is 0 Å². The van der Waals surface area contributed by atoms with E-state index in [4.69, 9.17) is 5.11 Å². The average molecular weight is 425 g/mol. The van der Waals surface area contributed by atoms with Gasteiger partial charge in [0.25, 0.3) is 11.3 Å². The first-order valence-corrected chi connectivity index (χ1v) is 9.14. The molecule has 0 spiro atoms. The number of carbonyl (C=O) groups excluding carboxylic acids is 1. The van der Waals surface area contributed by atoms with Gasteiger partial charge in [0.15, 0.2) is 0 Å². The molecule has 0 radical (unpaired) electrons. The van der Waals surface area contributed by atoms with Crippen LogP contribution in [0.4, 0.5) is 8.78 Å². The molecule has 0 atom stereocenters. The summed E-state index contributed by atoms with van der Waals surface area (Å²) in [4.78, 5) is 35.1. The predicted octanol–water partition coefficient (Wildman–Crippen LogP) is 3.32. The smallest absolute Gasteiger partial charge is 0.376 e. The Morgan fingerprint density at radius 1 is 0.968 bits per heavy atom. The van der Waals surface area contributed by atoms with E-state index in [2.05, 4.69) is 0 Å². The summed E-state index contributed by atoms with van der Waals surface area (Å²) in [5, 5.41) is 19.0. The number of rotatable bonds is 7. The van der Waals surface area contributed by atoms with Gasteiger partial charge < -0.3 is 14.8 Å². The quantitative estimate of drug-likeness (QED) is 0.344. The van der Waals surface area contributed by atoms with Gasteiger partial charge in [-0.3, -0.25) is 9.59 Å². The minimum atomic E-state index is -1.79. The van der Waals surface area contributed by atoms with E-state index in [0.29, 0.717) is 17.2 Å². The van der Waals surface area contributed by atoms with Crippen molar-refractivity contribution in [1.29, 1.82) is 0 Å². The van der Waals surface area contributed by atoms with E-state index in [1.807, 2.05) is 0 Å². The number of aliphatic carboxylic acids is 1. The van der Waals surface area contributed by atoms with Crippen molar-refractivity contribution in [3.8, 4) is 0 Å². The number of aliphatic hydroxyl groups excluding tert-OH is 1. The van der Waals surface area contributed by atoms with Crippen molar-refractivity contribution in [1.82, 2.24) is 4.57 Å². The standard InChI is InChI=1S/C23H17F2NO5/c24-17-7-5-14(6-8-17)9-15-10-18(20(27)11-21(28)23(30)31)22(29)26(12-15)13-16-3-1-2-4-19(16)25/h1-8,10-12,27H,9,13H2,(H,30,31). The van der Waals surface area contributed by atoms with Gasteiger partial charge >= 0.3 is 5.97 Å². The van der Waals surface area contributed by atoms with Crippen LogP contribution in [0.2, 0.25) is 0 Å². The van der Waals surface area contributed by atoms with Crippen LogP contribution >= 0.6 is 0 Å². The maximum absolute atomic E-state index is 14.1. The fraction of sp³-hybridized carbons (Fsp3) is 0.0870. The van der Waals surface area contributed by atoms with Crippen molar-refractivity contribution in [3.63, 3.8) is 0 Å². The molecule has 0 fully saturated rings. The SMILES string of the molecule is O=C(O)C(=O)C=C(O)c1cc(Cc2ccc(F)cc2)cn(Cc2ccccc2F)c1=O. The fourth-order valence-corrected chi connectivity index (χ4v) is 3.01. The lowest BCUT2D eigenvalue weighted by molar-refractivity contribution is -0.146. The average Bonchev–Trinajstić information content (AvgIpc) is 2.73. The zero-order valence-corrected chi connectivity index (χ0v) is 16.1. The van der Waals surface area contributed by atoms with Gasteiger partial charge in [-0.2, -0.15) is 0 Å². The Bertz CT molecular complexity index is 1230. The third-order valence-corrected chi connectivity index (χ3v) is 4.52. The minimum absolute atomic E-state index is 0.157. The molecule has 2 N–H and O–H groups in total. The number of carbonyl (C=O) groups is 2. The number of pyridine rings is 1. The summed E-state index contributed by atoms with van der Waals surface area (Å²) in [5.41, 5.74) is 0.372. The maximum Gasteiger partial charge on any atom is 0.376 e. The van der Waals surface area contributed by atoms with Crippen molar-refractivity contribution in [2.45, 2.75) is 13.0 Å². The van der Waals surface area contributed by atoms with Crippen LogP contribution in [0.5, 0.6) is 0 Å². The lowest BCUT2D eigenvalue weighted by Crippen LogP contribution is -2.25. The van der Waals surface area contributed by atoms with Crippen LogP contribution in [0, 0.1) is 11.6 Å². The molecule has 0 aliphatic heterocycles. The van der Waals surface area contributed by atoms with Gasteiger partial charge in [-0.15, -0.1) is 0 Å². The monoisotopic (exact) mass is 425 g/mol. The van der Waals surface area contributed by atoms with Gasteiger partial charge in [0.1, 0.15) is 17.4 Å². The highest BCUT2D eigenvalue weighted by Gasteiger charge is 2.16. The van der Waals surface area contributed by atoms with Crippen LogP contribution in [-0.4, -0.2) is 26.5 Å². The first-order valence-electron chi connectivity index (χ1n) is 9.14. The second-order valence-corrected chi connectivity index (χ2v) is 6.79. The molecule has 3 aromatic rings. The van der Waals surface area contributed by atoms with Gasteiger partial charge in [0.2, 0.25) is 0 Å². The molecule has 3 rings (SSSR count). The molecule has 1 heterocycles. The number of benzene rings is 2. The molecule has 0 amide bonds. The summed E-state index contributed by atoms with van der Waals surface area (Å²) in [6.45, 7) is -0.157. The van der Waals surface area contributed by atoms with E-state index < -0.39 is 34.7 Å². The van der Waals surface area contributed by atoms with E-state index in [9.17, 15) is 28.3 Å². The highest BCUT2D eigenvalue weighted by atomic mass is 19.1. The van der Waals surface area contributed by atoms with Crippen molar-refractivity contribution < 1.29 is 28.6 Å². The Hall–Kier alpha value is -4.07. The molecule has 0 saturated heterocycles. The molecular formula is C23H17F2NO5. The molecule has 8 heteroatoms. The van der Waals surface area contributed by atoms with Crippen molar-refractivity contribution >= 4 is 17.5 Å². The molecule has 0 aliphatic rings. The molecule has 0 bridgehead atoms. The molecule has 0 unspecified atom stereocenters. The Morgan fingerprint density at radius 3 is 2.29 bits per heavy atom. The first-order chi connectivity index (χ1) is 14.7. The number of hydrogen-bond acceptors (Lipinski definition) is 4. The topological polar surface area (TPSA) is 96.6 Å². The number of hydrogen-bond donors (Lipinski definition) is 2. The number of aliphatic hydroxyl groups is 1. The highest BCUT2D eigenvalue weighted by molar-refractivity contribution is 6.38. The summed E-state index contributed by atoms with van der Waals surface area (Å²) in [5.74, 6) is -4.95. The number of carboxylic acids is 1. The normalized spacial score (nSPS) is 11.4. The Balaban J connectivity index is 2.09. The third-order valence-electron chi connectivity index (χ3n) is 4.52. The van der Waals surface area contributed by atoms with Crippen LogP contribution in [0.15, 0.2) is 71.7 Å². The maximum atomic E-state index is 14.1. The van der Waals surface area contributed by atoms with Gasteiger partial charge in [-0.1, -0.05) is 30.3 Å². The van der Waals surface area contributed by atoms with E-state index in [-0.39, 0.29) is 24.1 Å². The molecular weight excluding hydrogens is 408 g/mol. The van der Waals surface area contributed by atoms with Gasteiger partial charge in [0, 0.05) is 17.8 Å². The molecule has 2 aromatic carbocycles. The van der Waals surface area contributed by atoms with Crippen molar-refractivity contribution in [2.75, 3.05) is 0 Å². The molecule has 0 saturated carbocycles. The minimum Gasteiger partial charge on any atom is -0.507 e. The molecule has 158 valence electrons. The lowest BCUT2D eigenvalue weighted by Gasteiger charge is -2.13. The second-order valence-electron chi connectivity index (χ2n) is 6.79. The zero-order chi connectivity index (χ0) is 22.5. The largest absolute Gasteiger partial charge is 0.507 e. The summed E-state index contributed by atoms with van der Waals surface area (Å²) in [6, 6.07) is 12.8. The zero-order valence-electron chi connectivity index (χ0n) is 16.1. The van der Waals surface area contributed by atoms with E-state index in [1.54, 1.807) is 18.2 Å². The van der Waals surface area contributed by atoms with Crippen molar-refractivity contribution in [2.24, 2.45) is 0 Å². The molecule has 1 aromatic heterocycles. The summed E-state index contributed by atoms with van der Waals surface area (Å²) >= 11 is 0. The Labute approximate surface area is 175 Å². The van der Waals surface area contributed by atoms with Crippen LogP contribution in [-0.2, 0) is 22.6 Å². The molecule has 6 nitrogen and oxygen atoms in total. The molecule has 31 heavy (non-hydrogen) atoms. The van der Waals surface area contributed by atoms with Gasteiger partial charge in [-0.05, 0) is 41.8 Å². The lowest BCUT2D eigenvalue weighted by atomic mass is 10.0. The Kier molecular flexibility index (Phi) is 6.40. The fourth-order valence-electron chi connectivity index (χ4n) is 3.01. The van der Waals surface area contributed by atoms with Crippen LogP contribution in [0.25, 0.3) is 5.76 Å². The number of aromatic nitrogens is 1. The first kappa shape index (κ1) is 21.6. The van der Waals surface area contributed by atoms with E-state index in [0.717, 1.165) is 4.57 Å². The number of carboxylic acid groups (broad SMARTS) is 1. The second kappa shape index (κ2) is 9.17. The number of nitrogens with zero attached hydrogens (tertiary/aromatic N) is 1. The highest BCUT2D eigenvalue weighted by Crippen LogP contribution is 2.16. The van der Waals surface area contributed by atoms with Gasteiger partial charge in [0.05, 0.1) is 12.1 Å². The summed E-state index contributed by atoms with van der Waals surface area (Å²) in [7, 11) is 0. The van der Waals surface area contributed by atoms with Crippen molar-refractivity contribution in [3.05, 3.63) is 111 Å². The Morgan fingerprint density at radius 2 is 1.65 bits per heavy atom. The van der Waals surface area contributed by atoms with Crippen LogP contribution < -0.4 is 5.56 Å². The number of ketones is 1. The van der Waals surface area contributed by atoms with Crippen LogP contribution in [0.3, 0.4) is 0 Å². The third kappa shape index (κ3) is 5.30. The molecule has 0 aliphatic carbocycles. The van der Waals surface area contributed by atoms with Crippen LogP contribution in [0.1, 0.15) is 22.3 Å². The van der Waals surface area contributed by atoms with Gasteiger partial charge in [-0.25, -0.2) is 13.6 Å². The predicted molar refractivity (Wildman–Crippen MR) is 109 cm³/mol. The number of halogens is 2.